The van der Waals surface area contributed by atoms with Crippen LogP contribution in [0.3, 0.4) is 0 Å². The van der Waals surface area contributed by atoms with Crippen molar-refractivity contribution < 1.29 is 13.2 Å². The zero-order valence-corrected chi connectivity index (χ0v) is 14.3. The molecule has 0 saturated carbocycles. The van der Waals surface area contributed by atoms with Crippen LogP contribution in [0.15, 0.2) is 47.3 Å². The lowest BCUT2D eigenvalue weighted by Crippen LogP contribution is -2.30. The fourth-order valence-corrected chi connectivity index (χ4v) is 2.84. The molecule has 0 bridgehead atoms. The summed E-state index contributed by atoms with van der Waals surface area (Å²) in [6.07, 6.45) is -3.62. The van der Waals surface area contributed by atoms with Gasteiger partial charge in [0.15, 0.2) is 5.82 Å². The molecule has 0 unspecified atom stereocenters. The molecule has 0 fully saturated rings. The van der Waals surface area contributed by atoms with Crippen LogP contribution in [0.1, 0.15) is 25.0 Å². The maximum Gasteiger partial charge on any atom is 0.416 e. The van der Waals surface area contributed by atoms with Crippen LogP contribution in [-0.2, 0) is 12.6 Å². The van der Waals surface area contributed by atoms with Gasteiger partial charge in [0.05, 0.1) is 16.5 Å². The summed E-state index contributed by atoms with van der Waals surface area (Å²) in [7, 11) is 0. The van der Waals surface area contributed by atoms with Crippen LogP contribution in [0.5, 0.6) is 0 Å². The molecule has 4 nitrogen and oxygen atoms in total. The molecule has 7 heteroatoms. The summed E-state index contributed by atoms with van der Waals surface area (Å²) in [6.45, 7) is 4.23. The molecule has 0 aliphatic heterocycles. The molecule has 3 aromatic rings. The van der Waals surface area contributed by atoms with Crippen molar-refractivity contribution in [3.8, 4) is 11.4 Å². The number of hydrogen-bond donors (Lipinski definition) is 1. The average molecular weight is 361 g/mol. The summed E-state index contributed by atoms with van der Waals surface area (Å²) in [6, 6.07) is 10.3. The number of rotatable bonds is 3. The molecule has 0 aliphatic carbocycles. The molecule has 1 heterocycles. The first-order valence-electron chi connectivity index (χ1n) is 8.15. The molecule has 2 N–H and O–H groups in total. The van der Waals surface area contributed by atoms with Gasteiger partial charge in [0.2, 0.25) is 0 Å². The van der Waals surface area contributed by atoms with Gasteiger partial charge in [-0.15, -0.1) is 0 Å². The van der Waals surface area contributed by atoms with Crippen molar-refractivity contribution in [3.63, 3.8) is 0 Å². The van der Waals surface area contributed by atoms with Gasteiger partial charge in [-0.05, 0) is 36.1 Å². The maximum atomic E-state index is 12.9. The number of nitrogen functional groups attached to an aromatic ring is 1. The van der Waals surface area contributed by atoms with Crippen molar-refractivity contribution in [2.45, 2.75) is 26.4 Å². The number of aromatic nitrogens is 2. The Morgan fingerprint density at radius 3 is 2.35 bits per heavy atom. The van der Waals surface area contributed by atoms with Crippen molar-refractivity contribution in [3.05, 3.63) is 63.9 Å². The number of hydrogen-bond acceptors (Lipinski definition) is 3. The van der Waals surface area contributed by atoms with Crippen LogP contribution in [0.2, 0.25) is 0 Å². The molecule has 3 rings (SSSR count). The van der Waals surface area contributed by atoms with E-state index in [4.69, 9.17) is 5.84 Å². The summed E-state index contributed by atoms with van der Waals surface area (Å²) in [5, 5.41) is -0.164. The molecular weight excluding hydrogens is 343 g/mol. The fourth-order valence-electron chi connectivity index (χ4n) is 2.84. The lowest BCUT2D eigenvalue weighted by atomic mass is 10.0. The van der Waals surface area contributed by atoms with Crippen LogP contribution in [0.25, 0.3) is 22.3 Å². The van der Waals surface area contributed by atoms with Gasteiger partial charge >= 0.3 is 6.18 Å². The van der Waals surface area contributed by atoms with Crippen LogP contribution in [-0.4, -0.2) is 9.66 Å². The first-order valence-corrected chi connectivity index (χ1v) is 8.15. The van der Waals surface area contributed by atoms with Crippen molar-refractivity contribution in [1.29, 1.82) is 0 Å². The molecule has 0 radical (unpaired) electrons. The fraction of sp³-hybridized carbons (Fsp3) is 0.263. The lowest BCUT2D eigenvalue weighted by Gasteiger charge is -2.12. The summed E-state index contributed by atoms with van der Waals surface area (Å²) in [4.78, 5) is 16.7. The molecule has 26 heavy (non-hydrogen) atoms. The predicted octanol–water partition coefficient (Wildman–Crippen LogP) is 3.99. The molecule has 0 saturated heterocycles. The Labute approximate surface area is 148 Å². The number of halogens is 3. The highest BCUT2D eigenvalue weighted by Crippen LogP contribution is 2.30. The highest BCUT2D eigenvalue weighted by atomic mass is 19.4. The Morgan fingerprint density at radius 1 is 1.12 bits per heavy atom. The zero-order valence-electron chi connectivity index (χ0n) is 14.3. The van der Waals surface area contributed by atoms with Crippen LogP contribution in [0.4, 0.5) is 13.2 Å². The second kappa shape index (κ2) is 6.48. The quantitative estimate of drug-likeness (QED) is 0.718. The minimum absolute atomic E-state index is 0.164. The molecule has 1 aromatic heterocycles. The highest BCUT2D eigenvalue weighted by molar-refractivity contribution is 5.80. The molecule has 2 aromatic carbocycles. The molecule has 0 spiro atoms. The number of nitrogens with two attached hydrogens (primary N) is 1. The molecule has 0 atom stereocenters. The Hall–Kier alpha value is -2.83. The minimum Gasteiger partial charge on any atom is -0.334 e. The highest BCUT2D eigenvalue weighted by Gasteiger charge is 2.31. The van der Waals surface area contributed by atoms with Crippen LogP contribution < -0.4 is 11.4 Å². The smallest absolute Gasteiger partial charge is 0.334 e. The van der Waals surface area contributed by atoms with E-state index in [9.17, 15) is 18.0 Å². The minimum atomic E-state index is -4.54. The van der Waals surface area contributed by atoms with E-state index in [1.54, 1.807) is 12.1 Å². The molecule has 0 amide bonds. The van der Waals surface area contributed by atoms with Crippen molar-refractivity contribution in [2.24, 2.45) is 5.92 Å². The lowest BCUT2D eigenvalue weighted by molar-refractivity contribution is -0.137. The normalized spacial score (nSPS) is 12.1. The molecule has 136 valence electrons. The van der Waals surface area contributed by atoms with Crippen LogP contribution >= 0.6 is 0 Å². The van der Waals surface area contributed by atoms with Gasteiger partial charge in [-0.2, -0.15) is 13.2 Å². The predicted molar refractivity (Wildman–Crippen MR) is 95.1 cm³/mol. The number of fused-ring (bicyclic) bond motifs is 1. The van der Waals surface area contributed by atoms with Crippen molar-refractivity contribution in [1.82, 2.24) is 9.66 Å². The number of alkyl halides is 3. The van der Waals surface area contributed by atoms with E-state index in [2.05, 4.69) is 18.8 Å². The Bertz CT molecular complexity index is 1010. The SMILES string of the molecule is CC(C)Cc1ccc(-c2nc3ccc(C(F)(F)F)cc3c(=O)n2N)cc1. The summed E-state index contributed by atoms with van der Waals surface area (Å²) < 4.78 is 39.4. The van der Waals surface area contributed by atoms with Gasteiger partial charge in [-0.3, -0.25) is 4.79 Å². The monoisotopic (exact) mass is 361 g/mol. The van der Waals surface area contributed by atoms with Gasteiger partial charge in [-0.1, -0.05) is 38.1 Å². The van der Waals surface area contributed by atoms with Gasteiger partial charge in [0.1, 0.15) is 0 Å². The Balaban J connectivity index is 2.10. The van der Waals surface area contributed by atoms with E-state index in [0.29, 0.717) is 11.5 Å². The van der Waals surface area contributed by atoms with Crippen molar-refractivity contribution >= 4 is 10.9 Å². The summed E-state index contributed by atoms with van der Waals surface area (Å²) in [5.41, 5.74) is 0.312. The third-order valence-electron chi connectivity index (χ3n) is 4.08. The average Bonchev–Trinajstić information content (AvgIpc) is 2.57. The topological polar surface area (TPSA) is 60.9 Å². The first kappa shape index (κ1) is 18.0. The third-order valence-corrected chi connectivity index (χ3v) is 4.08. The largest absolute Gasteiger partial charge is 0.416 e. The molecular formula is C19H18F3N3O. The van der Waals surface area contributed by atoms with E-state index in [1.165, 1.54) is 6.07 Å². The van der Waals surface area contributed by atoms with Gasteiger partial charge in [0.25, 0.3) is 5.56 Å². The Morgan fingerprint density at radius 2 is 1.77 bits per heavy atom. The van der Waals surface area contributed by atoms with Gasteiger partial charge in [-0.25, -0.2) is 9.66 Å². The second-order valence-corrected chi connectivity index (χ2v) is 6.64. The van der Waals surface area contributed by atoms with E-state index in [1.807, 2.05) is 12.1 Å². The second-order valence-electron chi connectivity index (χ2n) is 6.64. The Kier molecular flexibility index (Phi) is 4.48. The maximum absolute atomic E-state index is 12.9. The standard InChI is InChI=1S/C19H18F3N3O/c1-11(2)9-12-3-5-13(6-4-12)17-24-16-8-7-14(19(20,21)22)10-15(16)18(26)25(17)23/h3-8,10-11H,9,23H2,1-2H3. The van der Waals surface area contributed by atoms with E-state index < -0.39 is 17.3 Å². The number of benzene rings is 2. The summed E-state index contributed by atoms with van der Waals surface area (Å²) >= 11 is 0. The third kappa shape index (κ3) is 3.42. The molecule has 0 aliphatic rings. The van der Waals surface area contributed by atoms with E-state index in [0.717, 1.165) is 28.8 Å². The van der Waals surface area contributed by atoms with Crippen LogP contribution in [0, 0.1) is 5.92 Å². The number of nitrogens with zero attached hydrogens (tertiary/aromatic N) is 2. The van der Waals surface area contributed by atoms with Gasteiger partial charge < -0.3 is 5.84 Å². The first-order chi connectivity index (χ1) is 12.2. The van der Waals surface area contributed by atoms with E-state index >= 15 is 0 Å². The van der Waals surface area contributed by atoms with Gasteiger partial charge in [0, 0.05) is 5.56 Å². The zero-order chi connectivity index (χ0) is 19.1. The summed E-state index contributed by atoms with van der Waals surface area (Å²) in [5.74, 6) is 6.54. The van der Waals surface area contributed by atoms with Crippen molar-refractivity contribution in [2.75, 3.05) is 5.84 Å². The van der Waals surface area contributed by atoms with E-state index in [-0.39, 0.29) is 16.7 Å².